The molecule has 0 saturated carbocycles. The van der Waals surface area contributed by atoms with E-state index >= 15 is 0 Å². The number of benzene rings is 1. The lowest BCUT2D eigenvalue weighted by molar-refractivity contribution is 0.215. The molecule has 4 aromatic rings. The number of rotatable bonds is 8. The van der Waals surface area contributed by atoms with Crippen LogP contribution in [0.25, 0.3) is 28.1 Å². The summed E-state index contributed by atoms with van der Waals surface area (Å²) in [5.41, 5.74) is 2.71. The lowest BCUT2D eigenvalue weighted by atomic mass is 10.0. The zero-order chi connectivity index (χ0) is 23.5. The van der Waals surface area contributed by atoms with Crippen molar-refractivity contribution in [1.82, 2.24) is 29.3 Å². The third kappa shape index (κ3) is 4.48. The molecule has 0 saturated heterocycles. The maximum Gasteiger partial charge on any atom is 0.279 e. The number of aryl methyl sites for hydroxylation is 1. The SMILES string of the molecule is C/C=C(\c1cccc(Cn2cc(-c3nc4nc(CC)n(CCC)c(=O)c4[nH]3)cn2)c1)C(F)F. The molecule has 0 aliphatic heterocycles. The normalized spacial score (nSPS) is 12.2. The predicted molar refractivity (Wildman–Crippen MR) is 124 cm³/mol. The van der Waals surface area contributed by atoms with Gasteiger partial charge in [0.2, 0.25) is 0 Å². The Morgan fingerprint density at radius 1 is 1.24 bits per heavy atom. The number of H-pyrrole nitrogens is 1. The molecule has 3 heterocycles. The van der Waals surface area contributed by atoms with Crippen LogP contribution < -0.4 is 5.56 Å². The number of hydrogen-bond acceptors (Lipinski definition) is 4. The Morgan fingerprint density at radius 3 is 2.76 bits per heavy atom. The van der Waals surface area contributed by atoms with Crippen LogP contribution in [0.3, 0.4) is 0 Å². The second-order valence-corrected chi connectivity index (χ2v) is 7.79. The first-order chi connectivity index (χ1) is 15.9. The van der Waals surface area contributed by atoms with E-state index in [9.17, 15) is 13.6 Å². The van der Waals surface area contributed by atoms with E-state index in [0.717, 1.165) is 12.0 Å². The molecule has 0 bridgehead atoms. The third-order valence-electron chi connectivity index (χ3n) is 5.51. The smallest absolute Gasteiger partial charge is 0.279 e. The fraction of sp³-hybridized carbons (Fsp3) is 0.333. The molecule has 0 amide bonds. The molecule has 0 fully saturated rings. The summed E-state index contributed by atoms with van der Waals surface area (Å²) in [6.45, 7) is 6.61. The molecule has 1 aromatic carbocycles. The van der Waals surface area contributed by atoms with Gasteiger partial charge in [0.05, 0.1) is 18.3 Å². The molecule has 3 aromatic heterocycles. The molecule has 4 rings (SSSR count). The average molecular weight is 453 g/mol. The van der Waals surface area contributed by atoms with Gasteiger partial charge in [0.1, 0.15) is 11.6 Å². The number of hydrogen-bond donors (Lipinski definition) is 1. The summed E-state index contributed by atoms with van der Waals surface area (Å²) < 4.78 is 29.9. The van der Waals surface area contributed by atoms with E-state index in [0.29, 0.717) is 53.4 Å². The highest BCUT2D eigenvalue weighted by Crippen LogP contribution is 2.23. The van der Waals surface area contributed by atoms with E-state index in [1.165, 1.54) is 6.08 Å². The van der Waals surface area contributed by atoms with Crippen molar-refractivity contribution in [3.05, 3.63) is 70.0 Å². The largest absolute Gasteiger partial charge is 0.332 e. The van der Waals surface area contributed by atoms with Gasteiger partial charge in [-0.3, -0.25) is 14.0 Å². The third-order valence-corrected chi connectivity index (χ3v) is 5.51. The summed E-state index contributed by atoms with van der Waals surface area (Å²) in [7, 11) is 0. The van der Waals surface area contributed by atoms with Crippen LogP contribution in [0.4, 0.5) is 8.78 Å². The molecule has 172 valence electrons. The van der Waals surface area contributed by atoms with Gasteiger partial charge < -0.3 is 4.98 Å². The molecule has 9 heteroatoms. The maximum atomic E-state index is 13.2. The van der Waals surface area contributed by atoms with Gasteiger partial charge in [-0.2, -0.15) is 5.10 Å². The van der Waals surface area contributed by atoms with Crippen molar-refractivity contribution in [2.24, 2.45) is 0 Å². The summed E-state index contributed by atoms with van der Waals surface area (Å²) in [6, 6.07) is 7.06. The van der Waals surface area contributed by atoms with E-state index in [2.05, 4.69) is 20.1 Å². The number of alkyl halides is 2. The van der Waals surface area contributed by atoms with Gasteiger partial charge in [-0.1, -0.05) is 38.1 Å². The van der Waals surface area contributed by atoms with E-state index in [1.807, 2.05) is 19.9 Å². The Kier molecular flexibility index (Phi) is 6.48. The quantitative estimate of drug-likeness (QED) is 0.421. The lowest BCUT2D eigenvalue weighted by Gasteiger charge is -2.08. The van der Waals surface area contributed by atoms with E-state index in [-0.39, 0.29) is 11.1 Å². The summed E-state index contributed by atoms with van der Waals surface area (Å²) in [5, 5.41) is 4.38. The Labute approximate surface area is 189 Å². The van der Waals surface area contributed by atoms with Crippen LogP contribution in [0.15, 0.2) is 47.5 Å². The molecular weight excluding hydrogens is 426 g/mol. The van der Waals surface area contributed by atoms with Gasteiger partial charge >= 0.3 is 0 Å². The van der Waals surface area contributed by atoms with Crippen LogP contribution in [0.1, 0.15) is 44.1 Å². The van der Waals surface area contributed by atoms with Crippen LogP contribution in [0.5, 0.6) is 0 Å². The summed E-state index contributed by atoms with van der Waals surface area (Å²) >= 11 is 0. The minimum Gasteiger partial charge on any atom is -0.332 e. The first-order valence-corrected chi connectivity index (χ1v) is 11.0. The minimum absolute atomic E-state index is 0.00737. The van der Waals surface area contributed by atoms with Gasteiger partial charge in [0.15, 0.2) is 11.2 Å². The summed E-state index contributed by atoms with van der Waals surface area (Å²) in [4.78, 5) is 25.1. The lowest BCUT2D eigenvalue weighted by Crippen LogP contribution is -2.25. The molecule has 0 unspecified atom stereocenters. The van der Waals surface area contributed by atoms with Crippen LogP contribution in [0.2, 0.25) is 0 Å². The standard InChI is InChI=1S/C24H26F2N6O/c1-4-10-32-19(6-3)28-23-20(24(32)33)29-22(30-23)17-12-27-31(14-17)13-15-8-7-9-16(11-15)18(5-2)21(25)26/h5,7-9,11-12,14,21H,4,6,10,13H2,1-3H3,(H,29,30)/b18-5+. The van der Waals surface area contributed by atoms with E-state index in [1.54, 1.807) is 46.8 Å². The van der Waals surface area contributed by atoms with Gasteiger partial charge in [-0.25, -0.2) is 18.7 Å². The maximum absolute atomic E-state index is 13.2. The molecule has 1 N–H and O–H groups in total. The highest BCUT2D eigenvalue weighted by atomic mass is 19.3. The summed E-state index contributed by atoms with van der Waals surface area (Å²) in [6.07, 6.45) is 3.85. The molecule has 0 spiro atoms. The van der Waals surface area contributed by atoms with E-state index in [4.69, 9.17) is 0 Å². The average Bonchev–Trinajstić information content (AvgIpc) is 3.43. The number of halogens is 2. The van der Waals surface area contributed by atoms with Crippen molar-refractivity contribution in [3.63, 3.8) is 0 Å². The highest BCUT2D eigenvalue weighted by Gasteiger charge is 2.16. The fourth-order valence-electron chi connectivity index (χ4n) is 3.92. The monoisotopic (exact) mass is 452 g/mol. The van der Waals surface area contributed by atoms with Crippen LogP contribution in [0, 0.1) is 0 Å². The Morgan fingerprint density at radius 2 is 2.06 bits per heavy atom. The molecule has 0 radical (unpaired) electrons. The second kappa shape index (κ2) is 9.48. The van der Waals surface area contributed by atoms with Gasteiger partial charge in [-0.05, 0) is 30.5 Å². The number of nitrogens with zero attached hydrogens (tertiary/aromatic N) is 5. The van der Waals surface area contributed by atoms with Crippen molar-refractivity contribution < 1.29 is 8.78 Å². The molecular formula is C24H26F2N6O. The minimum atomic E-state index is -2.53. The Hall–Kier alpha value is -3.62. The van der Waals surface area contributed by atoms with Crippen molar-refractivity contribution in [1.29, 1.82) is 0 Å². The van der Waals surface area contributed by atoms with Crippen LogP contribution in [-0.4, -0.2) is 35.7 Å². The first kappa shape index (κ1) is 22.6. The van der Waals surface area contributed by atoms with Crippen molar-refractivity contribution in [2.45, 2.75) is 53.1 Å². The van der Waals surface area contributed by atoms with Crippen molar-refractivity contribution >= 4 is 16.7 Å². The van der Waals surface area contributed by atoms with Gasteiger partial charge in [0, 0.05) is 24.7 Å². The van der Waals surface area contributed by atoms with Crippen molar-refractivity contribution in [2.75, 3.05) is 0 Å². The van der Waals surface area contributed by atoms with Crippen LogP contribution in [-0.2, 0) is 19.5 Å². The number of imidazole rings is 1. The molecule has 0 atom stereocenters. The van der Waals surface area contributed by atoms with Gasteiger partial charge in [0.25, 0.3) is 12.0 Å². The highest BCUT2D eigenvalue weighted by molar-refractivity contribution is 5.74. The molecule has 0 aliphatic rings. The molecule has 33 heavy (non-hydrogen) atoms. The molecule has 0 aliphatic carbocycles. The predicted octanol–water partition coefficient (Wildman–Crippen LogP) is 4.67. The number of aromatic nitrogens is 6. The number of allylic oxidation sites excluding steroid dienone is 2. The number of aromatic amines is 1. The zero-order valence-corrected chi connectivity index (χ0v) is 18.8. The van der Waals surface area contributed by atoms with E-state index < -0.39 is 6.43 Å². The Balaban J connectivity index is 1.63. The fourth-order valence-corrected chi connectivity index (χ4v) is 3.92. The topological polar surface area (TPSA) is 81.4 Å². The van der Waals surface area contributed by atoms with Crippen molar-refractivity contribution in [3.8, 4) is 11.4 Å². The second-order valence-electron chi connectivity index (χ2n) is 7.79. The van der Waals surface area contributed by atoms with Crippen LogP contribution >= 0.6 is 0 Å². The number of nitrogens with one attached hydrogen (secondary N) is 1. The van der Waals surface area contributed by atoms with Gasteiger partial charge in [-0.15, -0.1) is 0 Å². The summed E-state index contributed by atoms with van der Waals surface area (Å²) in [5.74, 6) is 1.23. The first-order valence-electron chi connectivity index (χ1n) is 11.0. The Bertz CT molecular complexity index is 1370. The molecule has 7 nitrogen and oxygen atoms in total. The zero-order valence-electron chi connectivity index (χ0n) is 18.8. The number of fused-ring (bicyclic) bond motifs is 1.